The zero-order chi connectivity index (χ0) is 9.14. The van der Waals surface area contributed by atoms with Crippen molar-refractivity contribution in [2.45, 2.75) is 13.5 Å². The van der Waals surface area contributed by atoms with Crippen LogP contribution in [0.3, 0.4) is 0 Å². The second kappa shape index (κ2) is 3.36. The van der Waals surface area contributed by atoms with Crippen molar-refractivity contribution in [3.8, 4) is 5.75 Å². The van der Waals surface area contributed by atoms with Crippen LogP contribution in [0.25, 0.3) is 0 Å². The molecule has 0 amide bonds. The van der Waals surface area contributed by atoms with Gasteiger partial charge in [-0.1, -0.05) is 6.07 Å². The summed E-state index contributed by atoms with van der Waals surface area (Å²) in [5.74, 6) is 0.130. The van der Waals surface area contributed by atoms with Crippen LogP contribution in [0.1, 0.15) is 18.1 Å². The number of phenolic OH excluding ortho intramolecular Hbond substituents is 1. The molecule has 3 heteroatoms. The molecular formula is C9H12N2O. The number of aromatic hydroxyl groups is 1. The topological polar surface area (TPSA) is 70.1 Å². The Bertz CT molecular complexity index is 307. The molecule has 0 heterocycles. The van der Waals surface area contributed by atoms with E-state index in [1.807, 2.05) is 6.07 Å². The number of hydrogen-bond acceptors (Lipinski definition) is 3. The monoisotopic (exact) mass is 164 g/mol. The van der Waals surface area contributed by atoms with Gasteiger partial charge in [-0.3, -0.25) is 0 Å². The van der Waals surface area contributed by atoms with Crippen molar-refractivity contribution in [1.29, 1.82) is 5.41 Å². The average molecular weight is 164 g/mol. The Balaban J connectivity index is 3.12. The van der Waals surface area contributed by atoms with E-state index in [0.717, 1.165) is 5.56 Å². The first kappa shape index (κ1) is 8.74. The van der Waals surface area contributed by atoms with Crippen molar-refractivity contribution >= 4 is 5.71 Å². The van der Waals surface area contributed by atoms with E-state index < -0.39 is 0 Å². The summed E-state index contributed by atoms with van der Waals surface area (Å²) in [4.78, 5) is 0. The van der Waals surface area contributed by atoms with Crippen LogP contribution in [0, 0.1) is 5.41 Å². The van der Waals surface area contributed by atoms with Gasteiger partial charge in [-0.05, 0) is 24.6 Å². The first-order valence-corrected chi connectivity index (χ1v) is 3.72. The second-order valence-corrected chi connectivity index (χ2v) is 2.68. The predicted octanol–water partition coefficient (Wildman–Crippen LogP) is 1.24. The van der Waals surface area contributed by atoms with E-state index in [4.69, 9.17) is 11.1 Å². The minimum absolute atomic E-state index is 0.130. The molecule has 0 saturated carbocycles. The van der Waals surface area contributed by atoms with Gasteiger partial charge < -0.3 is 16.2 Å². The zero-order valence-corrected chi connectivity index (χ0v) is 6.96. The maximum atomic E-state index is 9.40. The van der Waals surface area contributed by atoms with Crippen molar-refractivity contribution in [1.82, 2.24) is 0 Å². The van der Waals surface area contributed by atoms with E-state index in [1.54, 1.807) is 19.1 Å². The third-order valence-corrected chi connectivity index (χ3v) is 1.70. The van der Waals surface area contributed by atoms with Gasteiger partial charge in [0, 0.05) is 17.8 Å². The van der Waals surface area contributed by atoms with Crippen LogP contribution >= 0.6 is 0 Å². The van der Waals surface area contributed by atoms with Gasteiger partial charge in [-0.2, -0.15) is 0 Å². The van der Waals surface area contributed by atoms with Gasteiger partial charge in [-0.25, -0.2) is 0 Å². The Hall–Kier alpha value is -1.35. The largest absolute Gasteiger partial charge is 0.507 e. The number of nitrogens with two attached hydrogens (primary N) is 1. The van der Waals surface area contributed by atoms with Gasteiger partial charge in [0.1, 0.15) is 5.75 Å². The van der Waals surface area contributed by atoms with E-state index in [1.165, 1.54) is 0 Å². The van der Waals surface area contributed by atoms with Crippen molar-refractivity contribution < 1.29 is 5.11 Å². The molecule has 4 N–H and O–H groups in total. The predicted molar refractivity (Wildman–Crippen MR) is 48.5 cm³/mol. The summed E-state index contributed by atoms with van der Waals surface area (Å²) in [5, 5.41) is 16.7. The minimum atomic E-state index is 0.130. The molecule has 0 aliphatic carbocycles. The molecule has 3 nitrogen and oxygen atoms in total. The van der Waals surface area contributed by atoms with Crippen molar-refractivity contribution in [2.75, 3.05) is 0 Å². The van der Waals surface area contributed by atoms with Crippen molar-refractivity contribution in [2.24, 2.45) is 5.73 Å². The number of nitrogens with one attached hydrogen (secondary N) is 1. The third kappa shape index (κ3) is 1.62. The molecule has 0 aliphatic heterocycles. The summed E-state index contributed by atoms with van der Waals surface area (Å²) in [6, 6.07) is 5.11. The fourth-order valence-electron chi connectivity index (χ4n) is 1.02. The Morgan fingerprint density at radius 1 is 1.58 bits per heavy atom. The lowest BCUT2D eigenvalue weighted by atomic mass is 10.1. The molecule has 0 atom stereocenters. The van der Waals surface area contributed by atoms with E-state index in [-0.39, 0.29) is 5.75 Å². The Morgan fingerprint density at radius 3 is 2.67 bits per heavy atom. The van der Waals surface area contributed by atoms with E-state index >= 15 is 0 Å². The SMILES string of the molecule is CC(=N)c1ccc(CN)cc1O. The molecular weight excluding hydrogens is 152 g/mol. The Labute approximate surface area is 71.3 Å². The third-order valence-electron chi connectivity index (χ3n) is 1.70. The van der Waals surface area contributed by atoms with Gasteiger partial charge in [0.05, 0.1) is 0 Å². The van der Waals surface area contributed by atoms with E-state index in [2.05, 4.69) is 0 Å². The maximum absolute atomic E-state index is 9.40. The molecule has 0 spiro atoms. The smallest absolute Gasteiger partial charge is 0.124 e. The van der Waals surface area contributed by atoms with E-state index in [9.17, 15) is 5.11 Å². The van der Waals surface area contributed by atoms with Gasteiger partial charge in [-0.15, -0.1) is 0 Å². The highest BCUT2D eigenvalue weighted by atomic mass is 16.3. The summed E-state index contributed by atoms with van der Waals surface area (Å²) >= 11 is 0. The van der Waals surface area contributed by atoms with Crippen LogP contribution in [-0.2, 0) is 6.54 Å². The average Bonchev–Trinajstić information content (AvgIpc) is 2.03. The van der Waals surface area contributed by atoms with Crippen LogP contribution in [0.4, 0.5) is 0 Å². The molecule has 0 radical (unpaired) electrons. The van der Waals surface area contributed by atoms with E-state index in [0.29, 0.717) is 17.8 Å². The Morgan fingerprint density at radius 2 is 2.25 bits per heavy atom. The first-order chi connectivity index (χ1) is 5.65. The van der Waals surface area contributed by atoms with Crippen LogP contribution in [0.2, 0.25) is 0 Å². The summed E-state index contributed by atoms with van der Waals surface area (Å²) in [6.07, 6.45) is 0. The maximum Gasteiger partial charge on any atom is 0.124 e. The van der Waals surface area contributed by atoms with Crippen LogP contribution in [-0.4, -0.2) is 10.8 Å². The standard InChI is InChI=1S/C9H12N2O/c1-6(11)8-3-2-7(5-10)4-9(8)12/h2-4,11-12H,5,10H2,1H3. The van der Waals surface area contributed by atoms with Gasteiger partial charge in [0.15, 0.2) is 0 Å². The fraction of sp³-hybridized carbons (Fsp3) is 0.222. The first-order valence-electron chi connectivity index (χ1n) is 3.72. The summed E-state index contributed by atoms with van der Waals surface area (Å²) < 4.78 is 0. The number of benzene rings is 1. The molecule has 0 aromatic heterocycles. The van der Waals surface area contributed by atoms with Crippen molar-refractivity contribution in [3.05, 3.63) is 29.3 Å². The molecule has 0 saturated heterocycles. The van der Waals surface area contributed by atoms with Gasteiger partial charge in [0.25, 0.3) is 0 Å². The summed E-state index contributed by atoms with van der Waals surface area (Å²) in [5.41, 5.74) is 7.17. The zero-order valence-electron chi connectivity index (χ0n) is 6.96. The summed E-state index contributed by atoms with van der Waals surface area (Å²) in [7, 11) is 0. The second-order valence-electron chi connectivity index (χ2n) is 2.68. The fourth-order valence-corrected chi connectivity index (χ4v) is 1.02. The Kier molecular flexibility index (Phi) is 2.45. The molecule has 0 aliphatic rings. The molecule has 0 unspecified atom stereocenters. The highest BCUT2D eigenvalue weighted by Gasteiger charge is 2.02. The molecule has 1 aromatic rings. The van der Waals surface area contributed by atoms with Crippen LogP contribution in [0.15, 0.2) is 18.2 Å². The molecule has 0 bridgehead atoms. The van der Waals surface area contributed by atoms with Gasteiger partial charge >= 0.3 is 0 Å². The number of hydrogen-bond donors (Lipinski definition) is 3. The summed E-state index contributed by atoms with van der Waals surface area (Å²) in [6.45, 7) is 2.04. The molecule has 1 rings (SSSR count). The molecule has 0 fully saturated rings. The normalized spacial score (nSPS) is 9.83. The lowest BCUT2D eigenvalue weighted by Gasteiger charge is -2.03. The molecule has 64 valence electrons. The quantitative estimate of drug-likeness (QED) is 0.575. The van der Waals surface area contributed by atoms with Crippen LogP contribution < -0.4 is 5.73 Å². The molecule has 12 heavy (non-hydrogen) atoms. The minimum Gasteiger partial charge on any atom is -0.507 e. The van der Waals surface area contributed by atoms with Gasteiger partial charge in [0.2, 0.25) is 0 Å². The highest BCUT2D eigenvalue weighted by Crippen LogP contribution is 2.18. The number of phenols is 1. The molecule has 1 aromatic carbocycles. The number of rotatable bonds is 2. The van der Waals surface area contributed by atoms with Crippen molar-refractivity contribution in [3.63, 3.8) is 0 Å². The lowest BCUT2D eigenvalue weighted by Crippen LogP contribution is -1.98. The van der Waals surface area contributed by atoms with Crippen LogP contribution in [0.5, 0.6) is 5.75 Å². The lowest BCUT2D eigenvalue weighted by molar-refractivity contribution is 0.473. The highest BCUT2D eigenvalue weighted by molar-refractivity contribution is 5.98.